The topological polar surface area (TPSA) is 79.0 Å². The van der Waals surface area contributed by atoms with E-state index >= 15 is 0 Å². The molecular formula is C31H41N3O4. The first kappa shape index (κ1) is 27.7. The number of methoxy groups -OCH3 is 1. The fourth-order valence-corrected chi connectivity index (χ4v) is 5.87. The number of hydrogen-bond acceptors (Lipinski definition) is 4. The quantitative estimate of drug-likeness (QED) is 0.513. The number of carbonyl (C=O) groups is 3. The molecule has 204 valence electrons. The summed E-state index contributed by atoms with van der Waals surface area (Å²) in [4.78, 5) is 43.8. The Kier molecular flexibility index (Phi) is 9.43. The minimum absolute atomic E-state index is 0.0547. The van der Waals surface area contributed by atoms with Crippen molar-refractivity contribution in [3.8, 4) is 5.75 Å². The largest absolute Gasteiger partial charge is 0.497 e. The predicted octanol–water partition coefficient (Wildman–Crippen LogP) is 4.86. The van der Waals surface area contributed by atoms with Crippen LogP contribution in [0.25, 0.3) is 0 Å². The van der Waals surface area contributed by atoms with Crippen molar-refractivity contribution in [2.45, 2.75) is 89.9 Å². The average molecular weight is 520 g/mol. The van der Waals surface area contributed by atoms with Gasteiger partial charge in [-0.3, -0.25) is 14.4 Å². The van der Waals surface area contributed by atoms with Gasteiger partial charge in [-0.25, -0.2) is 0 Å². The predicted molar refractivity (Wildman–Crippen MR) is 148 cm³/mol. The Morgan fingerprint density at radius 1 is 1.03 bits per heavy atom. The normalized spacial score (nSPS) is 21.1. The molecule has 2 aromatic carbocycles. The van der Waals surface area contributed by atoms with Crippen LogP contribution in [-0.4, -0.2) is 59.3 Å². The number of hydrogen-bond donors (Lipinski definition) is 1. The van der Waals surface area contributed by atoms with E-state index in [1.807, 2.05) is 24.0 Å². The van der Waals surface area contributed by atoms with Crippen LogP contribution in [0, 0.1) is 6.92 Å². The Bertz CT molecular complexity index is 1120. The molecule has 2 aromatic rings. The van der Waals surface area contributed by atoms with Crippen molar-refractivity contribution in [3.05, 3.63) is 65.2 Å². The molecule has 0 bridgehead atoms. The molecule has 3 atom stereocenters. The molecule has 1 saturated heterocycles. The van der Waals surface area contributed by atoms with Crippen molar-refractivity contribution in [1.29, 1.82) is 0 Å². The third-order valence-electron chi connectivity index (χ3n) is 7.83. The number of likely N-dealkylation sites (tertiary alicyclic amines) is 1. The van der Waals surface area contributed by atoms with Gasteiger partial charge in [0.25, 0.3) is 5.91 Å². The summed E-state index contributed by atoms with van der Waals surface area (Å²) in [7, 11) is 1.61. The summed E-state index contributed by atoms with van der Waals surface area (Å²) in [5.74, 6) is 0.617. The molecule has 4 rings (SSSR count). The van der Waals surface area contributed by atoms with E-state index in [0.717, 1.165) is 49.7 Å². The summed E-state index contributed by atoms with van der Waals surface area (Å²) in [6.45, 7) is 5.14. The summed E-state index contributed by atoms with van der Waals surface area (Å²) >= 11 is 0. The third-order valence-corrected chi connectivity index (χ3v) is 7.83. The first-order valence-corrected chi connectivity index (χ1v) is 14.0. The van der Waals surface area contributed by atoms with Crippen LogP contribution < -0.4 is 10.1 Å². The highest BCUT2D eigenvalue weighted by Crippen LogP contribution is 2.28. The van der Waals surface area contributed by atoms with Crippen molar-refractivity contribution in [3.63, 3.8) is 0 Å². The van der Waals surface area contributed by atoms with Gasteiger partial charge in [-0.2, -0.15) is 0 Å². The molecule has 1 aliphatic carbocycles. The fraction of sp³-hybridized carbons (Fsp3) is 0.516. The summed E-state index contributed by atoms with van der Waals surface area (Å²) in [5.41, 5.74) is 2.81. The van der Waals surface area contributed by atoms with Crippen LogP contribution in [0.4, 0.5) is 0 Å². The van der Waals surface area contributed by atoms with Gasteiger partial charge >= 0.3 is 0 Å². The van der Waals surface area contributed by atoms with Gasteiger partial charge < -0.3 is 19.9 Å². The number of nitrogens with zero attached hydrogens (tertiary/aromatic N) is 2. The Morgan fingerprint density at radius 2 is 1.79 bits per heavy atom. The highest BCUT2D eigenvalue weighted by molar-refractivity contribution is 5.95. The highest BCUT2D eigenvalue weighted by atomic mass is 16.5. The van der Waals surface area contributed by atoms with Crippen LogP contribution in [-0.2, 0) is 16.1 Å². The standard InChI is InChI=1S/C31H41N3O4/c1-4-9-29(35)33-19-8-14-28(33)30(36)32-26-12-5-6-13-27(26)34(21-23-11-7-10-22(2)20-23)31(37)24-15-17-25(38-3)18-16-24/h7,10-11,15-18,20,26-28H,4-6,8-9,12-14,19,21H2,1-3H3,(H,32,36)/t26-,27-,28+/m1/s1. The molecule has 7 heteroatoms. The second kappa shape index (κ2) is 12.9. The summed E-state index contributed by atoms with van der Waals surface area (Å²) in [6, 6.07) is 14.7. The second-order valence-corrected chi connectivity index (χ2v) is 10.6. The molecule has 1 heterocycles. The van der Waals surface area contributed by atoms with Crippen LogP contribution in [0.3, 0.4) is 0 Å². The molecular weight excluding hydrogens is 478 g/mol. The van der Waals surface area contributed by atoms with E-state index in [9.17, 15) is 14.4 Å². The Balaban J connectivity index is 1.58. The number of rotatable bonds is 9. The number of nitrogens with one attached hydrogen (secondary N) is 1. The van der Waals surface area contributed by atoms with Crippen LogP contribution in [0.5, 0.6) is 5.75 Å². The molecule has 0 spiro atoms. The van der Waals surface area contributed by atoms with E-state index in [4.69, 9.17) is 4.74 Å². The van der Waals surface area contributed by atoms with Gasteiger partial charge in [-0.05, 0) is 68.9 Å². The maximum absolute atomic E-state index is 14.0. The Morgan fingerprint density at radius 3 is 2.50 bits per heavy atom. The second-order valence-electron chi connectivity index (χ2n) is 10.6. The molecule has 1 N–H and O–H groups in total. The average Bonchev–Trinajstić information content (AvgIpc) is 3.43. The third kappa shape index (κ3) is 6.55. The molecule has 7 nitrogen and oxygen atoms in total. The maximum Gasteiger partial charge on any atom is 0.254 e. The van der Waals surface area contributed by atoms with Crippen LogP contribution in [0.2, 0.25) is 0 Å². The first-order chi connectivity index (χ1) is 18.4. The van der Waals surface area contributed by atoms with E-state index in [1.54, 1.807) is 36.3 Å². The van der Waals surface area contributed by atoms with E-state index in [0.29, 0.717) is 37.2 Å². The molecule has 1 aliphatic heterocycles. The number of benzene rings is 2. The number of aryl methyl sites for hydroxylation is 1. The lowest BCUT2D eigenvalue weighted by molar-refractivity contribution is -0.139. The molecule has 2 aliphatic rings. The van der Waals surface area contributed by atoms with E-state index in [2.05, 4.69) is 24.4 Å². The van der Waals surface area contributed by atoms with Crippen molar-refractivity contribution >= 4 is 17.7 Å². The monoisotopic (exact) mass is 519 g/mol. The summed E-state index contributed by atoms with van der Waals surface area (Å²) in [6.07, 6.45) is 6.41. The van der Waals surface area contributed by atoms with Gasteiger partial charge in [0.1, 0.15) is 11.8 Å². The van der Waals surface area contributed by atoms with E-state index < -0.39 is 6.04 Å². The van der Waals surface area contributed by atoms with Crippen molar-refractivity contribution < 1.29 is 19.1 Å². The van der Waals surface area contributed by atoms with Crippen LogP contribution in [0.1, 0.15) is 79.8 Å². The lowest BCUT2D eigenvalue weighted by atomic mass is 9.88. The summed E-state index contributed by atoms with van der Waals surface area (Å²) < 4.78 is 5.28. The van der Waals surface area contributed by atoms with Crippen LogP contribution in [0.15, 0.2) is 48.5 Å². The zero-order valence-electron chi connectivity index (χ0n) is 22.9. The smallest absolute Gasteiger partial charge is 0.254 e. The molecule has 38 heavy (non-hydrogen) atoms. The molecule has 3 amide bonds. The van der Waals surface area contributed by atoms with E-state index in [1.165, 1.54) is 0 Å². The highest BCUT2D eigenvalue weighted by Gasteiger charge is 2.38. The lowest BCUT2D eigenvalue weighted by Gasteiger charge is -2.41. The maximum atomic E-state index is 14.0. The lowest BCUT2D eigenvalue weighted by Crippen LogP contribution is -2.57. The summed E-state index contributed by atoms with van der Waals surface area (Å²) in [5, 5.41) is 3.29. The molecule has 0 unspecified atom stereocenters. The molecule has 0 aromatic heterocycles. The van der Waals surface area contributed by atoms with Gasteiger partial charge in [0.2, 0.25) is 11.8 Å². The van der Waals surface area contributed by atoms with Crippen molar-refractivity contribution in [2.24, 2.45) is 0 Å². The Hall–Kier alpha value is -3.35. The van der Waals surface area contributed by atoms with Crippen LogP contribution >= 0.6 is 0 Å². The van der Waals surface area contributed by atoms with Gasteiger partial charge in [0.15, 0.2) is 0 Å². The number of carbonyl (C=O) groups excluding carboxylic acids is 3. The van der Waals surface area contributed by atoms with Gasteiger partial charge in [0.05, 0.1) is 13.2 Å². The van der Waals surface area contributed by atoms with Gasteiger partial charge in [-0.1, -0.05) is 49.6 Å². The Labute approximate surface area is 226 Å². The SMILES string of the molecule is CCCC(=O)N1CCC[C@H]1C(=O)N[C@@H]1CCCC[C@H]1N(Cc1cccc(C)c1)C(=O)c1ccc(OC)cc1. The minimum atomic E-state index is -0.417. The molecule has 0 radical (unpaired) electrons. The molecule has 2 fully saturated rings. The van der Waals surface area contributed by atoms with Gasteiger partial charge in [-0.15, -0.1) is 0 Å². The zero-order valence-corrected chi connectivity index (χ0v) is 22.9. The van der Waals surface area contributed by atoms with E-state index in [-0.39, 0.29) is 29.8 Å². The van der Waals surface area contributed by atoms with Gasteiger partial charge in [0, 0.05) is 31.1 Å². The fourth-order valence-electron chi connectivity index (χ4n) is 5.87. The first-order valence-electron chi connectivity index (χ1n) is 14.0. The molecule has 1 saturated carbocycles. The number of ether oxygens (including phenoxy) is 1. The zero-order chi connectivity index (χ0) is 27.1. The minimum Gasteiger partial charge on any atom is -0.497 e. The van der Waals surface area contributed by atoms with Crippen molar-refractivity contribution in [2.75, 3.05) is 13.7 Å². The number of amides is 3. The van der Waals surface area contributed by atoms with Crippen molar-refractivity contribution in [1.82, 2.24) is 15.1 Å².